The molecule has 0 fully saturated rings. The third-order valence-electron chi connectivity index (χ3n) is 8.07. The van der Waals surface area contributed by atoms with E-state index in [0.29, 0.717) is 43.7 Å². The number of esters is 1. The van der Waals surface area contributed by atoms with Crippen molar-refractivity contribution in [1.82, 2.24) is 9.55 Å². The number of aromatic nitrogens is 2. The Balaban J connectivity index is 2.22. The third kappa shape index (κ3) is 7.44. The van der Waals surface area contributed by atoms with Crippen molar-refractivity contribution in [2.45, 2.75) is 91.0 Å². The van der Waals surface area contributed by atoms with Gasteiger partial charge in [-0.25, -0.2) is 9.78 Å². The summed E-state index contributed by atoms with van der Waals surface area (Å²) in [4.78, 5) is 18.1. The second kappa shape index (κ2) is 14.8. The summed E-state index contributed by atoms with van der Waals surface area (Å²) in [7, 11) is -2.14. The number of carbonyl (C=O) groups excluding carboxylic acids is 1. The number of anilines is 1. The van der Waals surface area contributed by atoms with Gasteiger partial charge in [0.25, 0.3) is 0 Å². The lowest BCUT2D eigenvalue weighted by atomic mass is 10.00. The molecule has 1 N–H and O–H groups in total. The molecule has 2 aromatic carbocycles. The zero-order chi connectivity index (χ0) is 31.4. The largest absolute Gasteiger partial charge is 0.461 e. The minimum absolute atomic E-state index is 0.148. The molecule has 3 rings (SSSR count). The maximum Gasteiger partial charge on any atom is 0.358 e. The number of imidazole rings is 1. The van der Waals surface area contributed by atoms with Gasteiger partial charge in [-0.05, 0) is 88.7 Å². The summed E-state index contributed by atoms with van der Waals surface area (Å²) < 4.78 is 15.1. The summed E-state index contributed by atoms with van der Waals surface area (Å²) in [5, 5.41) is 4.89. The van der Waals surface area contributed by atoms with Gasteiger partial charge in [0.1, 0.15) is 0 Å². The fourth-order valence-electron chi connectivity index (χ4n) is 6.17. The first-order valence-electron chi connectivity index (χ1n) is 14.6. The number of hydrogen-bond donors (Lipinski definition) is 1. The van der Waals surface area contributed by atoms with Crippen LogP contribution in [0.3, 0.4) is 0 Å². The molecule has 42 heavy (non-hydrogen) atoms. The molecule has 1 unspecified atom stereocenters. The summed E-state index contributed by atoms with van der Waals surface area (Å²) in [5.41, 5.74) is 5.00. The number of carbonyl (C=O) groups is 1. The Hall–Kier alpha value is -1.84. The molecule has 0 aliphatic carbocycles. The van der Waals surface area contributed by atoms with Crippen molar-refractivity contribution < 1.29 is 14.0 Å². The van der Waals surface area contributed by atoms with Crippen molar-refractivity contribution in [2.75, 3.05) is 18.5 Å². The number of halogens is 3. The van der Waals surface area contributed by atoms with Crippen LogP contribution in [-0.2, 0) is 9.16 Å². The topological polar surface area (TPSA) is 65.4 Å². The maximum atomic E-state index is 13.4. The first-order valence-corrected chi connectivity index (χ1v) is 18.3. The Bertz CT molecular complexity index is 1340. The van der Waals surface area contributed by atoms with Crippen LogP contribution in [0.5, 0.6) is 0 Å². The van der Waals surface area contributed by atoms with Gasteiger partial charge in [0.2, 0.25) is 0 Å². The molecule has 2 atom stereocenters. The van der Waals surface area contributed by atoms with Gasteiger partial charge in [-0.3, -0.25) is 0 Å². The van der Waals surface area contributed by atoms with Crippen molar-refractivity contribution in [3.05, 3.63) is 79.8 Å². The quantitative estimate of drug-likeness (QED) is 0.142. The van der Waals surface area contributed by atoms with Crippen LogP contribution >= 0.6 is 39.1 Å². The molecule has 3 aromatic rings. The van der Waals surface area contributed by atoms with Gasteiger partial charge in [0.05, 0.1) is 31.0 Å². The monoisotopic (exact) mass is 695 g/mol. The van der Waals surface area contributed by atoms with Crippen molar-refractivity contribution in [3.63, 3.8) is 0 Å². The number of benzene rings is 2. The highest BCUT2D eigenvalue weighted by molar-refractivity contribution is 9.10. The fraction of sp³-hybridized carbons (Fsp3) is 0.500. The maximum absolute atomic E-state index is 13.4. The first-order chi connectivity index (χ1) is 19.7. The second-order valence-electron chi connectivity index (χ2n) is 11.8. The number of nitrogens with one attached hydrogen (secondary N) is 1. The highest BCUT2D eigenvalue weighted by Gasteiger charge is 2.45. The molecule has 0 spiro atoms. The SMILES string of the molecule is CCOC(=O)c1nc(Br)n([C@@H](C)CO[Si](C(C)C)(C(C)C)C(C)C)c1C(Nc1cc(Cl)ccc1C)c1ccc(Cl)cc1. The number of hydrogen-bond acceptors (Lipinski definition) is 5. The summed E-state index contributed by atoms with van der Waals surface area (Å²) in [6.07, 6.45) is 0. The lowest BCUT2D eigenvalue weighted by molar-refractivity contribution is 0.0518. The smallest absolute Gasteiger partial charge is 0.358 e. The van der Waals surface area contributed by atoms with Crippen LogP contribution in [0.1, 0.15) is 94.8 Å². The van der Waals surface area contributed by atoms with Crippen molar-refractivity contribution in [2.24, 2.45) is 0 Å². The molecule has 6 nitrogen and oxygen atoms in total. The third-order valence-corrected chi connectivity index (χ3v) is 15.2. The highest BCUT2D eigenvalue weighted by atomic mass is 79.9. The van der Waals surface area contributed by atoms with Crippen LogP contribution in [0, 0.1) is 6.92 Å². The van der Waals surface area contributed by atoms with E-state index in [4.69, 9.17) is 37.3 Å². The normalized spacial score (nSPS) is 13.6. The Morgan fingerprint density at radius 3 is 2.10 bits per heavy atom. The number of aryl methyl sites for hydroxylation is 1. The standard InChI is InChI=1S/C32H44BrCl2N3O3Si/c1-10-40-31(39)29-30(28(24-12-15-25(34)16-13-24)36-27-17-26(35)14-11-22(27)8)38(32(33)37-29)23(9)18-41-42(19(2)3,20(4)5)21(6)7/h11-17,19-21,23,28,36H,10,18H2,1-9H3/t23-,28?/m0/s1. The Labute approximate surface area is 270 Å². The fourth-order valence-corrected chi connectivity index (χ4v) is 12.7. The average molecular weight is 698 g/mol. The van der Waals surface area contributed by atoms with Gasteiger partial charge >= 0.3 is 5.97 Å². The molecular weight excluding hydrogens is 653 g/mol. The molecular formula is C32H44BrCl2N3O3Si. The number of rotatable bonds is 13. The predicted molar refractivity (Wildman–Crippen MR) is 181 cm³/mol. The molecule has 1 heterocycles. The molecule has 230 valence electrons. The van der Waals surface area contributed by atoms with E-state index in [1.165, 1.54) is 0 Å². The molecule has 0 bridgehead atoms. The van der Waals surface area contributed by atoms with Gasteiger partial charge in [-0.2, -0.15) is 0 Å². The molecule has 1 aromatic heterocycles. The minimum atomic E-state index is -2.14. The number of ether oxygens (including phenoxy) is 1. The Kier molecular flexibility index (Phi) is 12.2. The van der Waals surface area contributed by atoms with Crippen molar-refractivity contribution >= 4 is 59.1 Å². The molecule has 0 aliphatic heterocycles. The first kappa shape index (κ1) is 34.6. The lowest BCUT2D eigenvalue weighted by Crippen LogP contribution is -2.48. The van der Waals surface area contributed by atoms with E-state index in [9.17, 15) is 4.79 Å². The van der Waals surface area contributed by atoms with Crippen molar-refractivity contribution in [1.29, 1.82) is 0 Å². The molecule has 0 aliphatic rings. The van der Waals surface area contributed by atoms with E-state index in [0.717, 1.165) is 16.8 Å². The van der Waals surface area contributed by atoms with E-state index in [1.54, 1.807) is 6.92 Å². The van der Waals surface area contributed by atoms with Gasteiger partial charge in [-0.15, -0.1) is 0 Å². The van der Waals surface area contributed by atoms with Crippen LogP contribution in [0.4, 0.5) is 5.69 Å². The second-order valence-corrected chi connectivity index (χ2v) is 18.8. The summed E-state index contributed by atoms with van der Waals surface area (Å²) >= 11 is 16.4. The molecule has 0 radical (unpaired) electrons. The van der Waals surface area contributed by atoms with Gasteiger partial charge < -0.3 is 19.0 Å². The van der Waals surface area contributed by atoms with Crippen LogP contribution in [0.25, 0.3) is 0 Å². The van der Waals surface area contributed by atoms with Crippen LogP contribution in [0.2, 0.25) is 26.7 Å². The molecule has 0 amide bonds. The molecule has 10 heteroatoms. The zero-order valence-corrected chi connectivity index (χ0v) is 30.2. The minimum Gasteiger partial charge on any atom is -0.461 e. The van der Waals surface area contributed by atoms with E-state index in [2.05, 4.69) is 74.3 Å². The lowest BCUT2D eigenvalue weighted by Gasteiger charge is -2.43. The molecule has 0 saturated carbocycles. The molecule has 0 saturated heterocycles. The van der Waals surface area contributed by atoms with Gasteiger partial charge in [-0.1, -0.05) is 82.9 Å². The van der Waals surface area contributed by atoms with Crippen LogP contribution in [0.15, 0.2) is 47.2 Å². The average Bonchev–Trinajstić information content (AvgIpc) is 3.26. The van der Waals surface area contributed by atoms with Crippen LogP contribution < -0.4 is 5.32 Å². The van der Waals surface area contributed by atoms with Gasteiger partial charge in [0, 0.05) is 15.7 Å². The predicted octanol–water partition coefficient (Wildman–Crippen LogP) is 10.4. The summed E-state index contributed by atoms with van der Waals surface area (Å²) in [6, 6.07) is 12.7. The summed E-state index contributed by atoms with van der Waals surface area (Å²) in [6.45, 7) is 20.3. The zero-order valence-electron chi connectivity index (χ0n) is 26.1. The Morgan fingerprint density at radius 2 is 1.55 bits per heavy atom. The van der Waals surface area contributed by atoms with E-state index >= 15 is 0 Å². The summed E-state index contributed by atoms with van der Waals surface area (Å²) in [5.74, 6) is -0.487. The Morgan fingerprint density at radius 1 is 0.976 bits per heavy atom. The van der Waals surface area contributed by atoms with Crippen LogP contribution in [-0.4, -0.2) is 37.1 Å². The van der Waals surface area contributed by atoms with E-state index in [1.807, 2.05) is 49.4 Å². The number of nitrogens with zero attached hydrogens (tertiary/aromatic N) is 2. The highest BCUT2D eigenvalue weighted by Crippen LogP contribution is 2.43. The van der Waals surface area contributed by atoms with Gasteiger partial charge in [0.15, 0.2) is 18.7 Å². The van der Waals surface area contributed by atoms with E-state index in [-0.39, 0.29) is 18.3 Å². The van der Waals surface area contributed by atoms with Crippen molar-refractivity contribution in [3.8, 4) is 0 Å². The van der Waals surface area contributed by atoms with E-state index < -0.39 is 20.3 Å².